The second kappa shape index (κ2) is 9.92. The lowest BCUT2D eigenvalue weighted by atomic mass is 10.0. The van der Waals surface area contributed by atoms with Crippen molar-refractivity contribution in [2.24, 2.45) is 0 Å². The predicted octanol–water partition coefficient (Wildman–Crippen LogP) is 2.00. The fourth-order valence-corrected chi connectivity index (χ4v) is 3.99. The average molecular weight is 469 g/mol. The number of carbonyl (C=O) groups excluding carboxylic acids is 2. The first-order valence-electron chi connectivity index (χ1n) is 10.8. The Kier molecular flexibility index (Phi) is 6.78. The molecule has 0 aliphatic carbocycles. The molecular formula is C24H24FN3O6. The van der Waals surface area contributed by atoms with Gasteiger partial charge in [-0.05, 0) is 23.6 Å². The molecular weight excluding hydrogens is 445 g/mol. The summed E-state index contributed by atoms with van der Waals surface area (Å²) in [5.41, 5.74) is 2.76. The minimum absolute atomic E-state index is 0.0706. The zero-order valence-corrected chi connectivity index (χ0v) is 18.2. The molecule has 0 spiro atoms. The van der Waals surface area contributed by atoms with Gasteiger partial charge in [0.05, 0.1) is 12.8 Å². The van der Waals surface area contributed by atoms with Crippen molar-refractivity contribution in [3.8, 4) is 16.9 Å². The number of alkyl halides is 1. The van der Waals surface area contributed by atoms with Crippen molar-refractivity contribution >= 4 is 11.9 Å². The van der Waals surface area contributed by atoms with E-state index in [1.54, 1.807) is 6.20 Å². The molecule has 0 radical (unpaired) electrons. The summed E-state index contributed by atoms with van der Waals surface area (Å²) in [7, 11) is 0. The maximum absolute atomic E-state index is 13.1. The number of aromatic hydroxyl groups is 1. The van der Waals surface area contributed by atoms with Crippen LogP contribution in [-0.2, 0) is 17.8 Å². The molecule has 1 atom stereocenters. The molecule has 1 aliphatic heterocycles. The SMILES string of the molecule is O=C(NCCF)C(CN1Cc2cc(-c3ccc(CCO)cc3)cn2C1=O)c1occc(=O)c1O. The van der Waals surface area contributed by atoms with Crippen LogP contribution in [0.25, 0.3) is 11.1 Å². The van der Waals surface area contributed by atoms with Crippen LogP contribution in [0.5, 0.6) is 5.75 Å². The van der Waals surface area contributed by atoms with E-state index < -0.39 is 29.7 Å². The minimum atomic E-state index is -1.20. The molecule has 2 aromatic heterocycles. The van der Waals surface area contributed by atoms with Gasteiger partial charge in [0.2, 0.25) is 17.1 Å². The van der Waals surface area contributed by atoms with Gasteiger partial charge in [-0.15, -0.1) is 0 Å². The zero-order chi connectivity index (χ0) is 24.2. The van der Waals surface area contributed by atoms with Gasteiger partial charge in [0.15, 0.2) is 5.76 Å². The first-order valence-corrected chi connectivity index (χ1v) is 10.8. The molecule has 1 unspecified atom stereocenters. The van der Waals surface area contributed by atoms with Gasteiger partial charge in [-0.2, -0.15) is 0 Å². The number of benzene rings is 1. The molecule has 3 heterocycles. The summed E-state index contributed by atoms with van der Waals surface area (Å²) in [5.74, 6) is -2.87. The van der Waals surface area contributed by atoms with E-state index in [9.17, 15) is 23.9 Å². The number of aromatic nitrogens is 1. The average Bonchev–Trinajstić information content (AvgIpc) is 3.38. The summed E-state index contributed by atoms with van der Waals surface area (Å²) in [5, 5.41) is 21.6. The molecule has 9 nitrogen and oxygen atoms in total. The Labute approximate surface area is 194 Å². The predicted molar refractivity (Wildman–Crippen MR) is 120 cm³/mol. The van der Waals surface area contributed by atoms with E-state index >= 15 is 0 Å². The number of aliphatic hydroxyl groups excluding tert-OH is 1. The van der Waals surface area contributed by atoms with Gasteiger partial charge >= 0.3 is 6.03 Å². The lowest BCUT2D eigenvalue weighted by Crippen LogP contribution is -2.39. The van der Waals surface area contributed by atoms with Gasteiger partial charge in [0, 0.05) is 43.2 Å². The number of nitrogens with zero attached hydrogens (tertiary/aromatic N) is 2. The smallest absolute Gasteiger partial charge is 0.328 e. The first kappa shape index (κ1) is 23.2. The molecule has 0 saturated carbocycles. The highest BCUT2D eigenvalue weighted by Gasteiger charge is 2.35. The van der Waals surface area contributed by atoms with E-state index in [-0.39, 0.29) is 38.0 Å². The second-order valence-corrected chi connectivity index (χ2v) is 7.95. The lowest BCUT2D eigenvalue weighted by Gasteiger charge is -2.22. The van der Waals surface area contributed by atoms with E-state index in [0.717, 1.165) is 29.0 Å². The van der Waals surface area contributed by atoms with Crippen LogP contribution in [0.3, 0.4) is 0 Å². The van der Waals surface area contributed by atoms with Crippen LogP contribution in [0.4, 0.5) is 9.18 Å². The molecule has 178 valence electrons. The number of halogens is 1. The molecule has 1 aliphatic rings. The lowest BCUT2D eigenvalue weighted by molar-refractivity contribution is -0.123. The Morgan fingerprint density at radius 3 is 2.62 bits per heavy atom. The molecule has 10 heteroatoms. The van der Waals surface area contributed by atoms with Gasteiger partial charge in [-0.25, -0.2) is 9.18 Å². The van der Waals surface area contributed by atoms with Gasteiger partial charge < -0.3 is 24.8 Å². The number of nitrogens with one attached hydrogen (secondary N) is 1. The monoisotopic (exact) mass is 469 g/mol. The van der Waals surface area contributed by atoms with Gasteiger partial charge in [-0.3, -0.25) is 14.2 Å². The molecule has 0 saturated heterocycles. The second-order valence-electron chi connectivity index (χ2n) is 7.95. The molecule has 34 heavy (non-hydrogen) atoms. The Morgan fingerprint density at radius 2 is 1.94 bits per heavy atom. The first-order chi connectivity index (χ1) is 16.4. The normalized spacial score (nSPS) is 13.7. The van der Waals surface area contributed by atoms with Crippen molar-refractivity contribution < 1.29 is 28.6 Å². The third-order valence-electron chi connectivity index (χ3n) is 5.73. The van der Waals surface area contributed by atoms with Crippen LogP contribution >= 0.6 is 0 Å². The fourth-order valence-electron chi connectivity index (χ4n) is 3.99. The highest BCUT2D eigenvalue weighted by Crippen LogP contribution is 2.30. The van der Waals surface area contributed by atoms with E-state index in [1.165, 1.54) is 9.47 Å². The maximum atomic E-state index is 13.1. The van der Waals surface area contributed by atoms with Crippen molar-refractivity contribution in [3.63, 3.8) is 0 Å². The third kappa shape index (κ3) is 4.58. The molecule has 0 bridgehead atoms. The highest BCUT2D eigenvalue weighted by atomic mass is 19.1. The quantitative estimate of drug-likeness (QED) is 0.440. The maximum Gasteiger partial charge on any atom is 0.328 e. The standard InChI is InChI=1S/C24H24FN3O6/c25-7-8-26-23(32)19(22-21(31)20(30)6-10-34-22)14-27-13-18-11-17(12-28(18)24(27)33)16-3-1-15(2-4-16)5-9-29/h1-4,6,10-12,19,29,31H,5,7-9,13-14H2,(H,26,32). The van der Waals surface area contributed by atoms with Crippen LogP contribution in [0.2, 0.25) is 0 Å². The highest BCUT2D eigenvalue weighted by molar-refractivity contribution is 5.87. The van der Waals surface area contributed by atoms with Gasteiger partial charge in [0.25, 0.3) is 0 Å². The summed E-state index contributed by atoms with van der Waals surface area (Å²) < 4.78 is 19.3. The molecule has 3 N–H and O–H groups in total. The molecule has 4 rings (SSSR count). The van der Waals surface area contributed by atoms with Crippen LogP contribution < -0.4 is 10.7 Å². The number of aliphatic hydroxyl groups is 1. The van der Waals surface area contributed by atoms with Crippen LogP contribution in [0.15, 0.2) is 58.1 Å². The van der Waals surface area contributed by atoms with Crippen LogP contribution in [-0.4, -0.2) is 58.0 Å². The summed E-state index contributed by atoms with van der Waals surface area (Å²) in [6.07, 6.45) is 3.33. The van der Waals surface area contributed by atoms with Crippen molar-refractivity contribution in [1.82, 2.24) is 14.8 Å². The Bertz CT molecular complexity index is 1250. The van der Waals surface area contributed by atoms with Crippen molar-refractivity contribution in [3.05, 3.63) is 76.1 Å². The Morgan fingerprint density at radius 1 is 1.18 bits per heavy atom. The summed E-state index contributed by atoms with van der Waals surface area (Å²) in [6, 6.07) is 10.2. The molecule has 1 aromatic carbocycles. The fraction of sp³-hybridized carbons (Fsp3) is 0.292. The Hall–Kier alpha value is -3.92. The molecule has 0 fully saturated rings. The third-order valence-corrected chi connectivity index (χ3v) is 5.73. The minimum Gasteiger partial charge on any atom is -0.502 e. The number of rotatable bonds is 9. The summed E-state index contributed by atoms with van der Waals surface area (Å²) in [6.45, 7) is -0.944. The van der Waals surface area contributed by atoms with E-state index in [1.807, 2.05) is 30.3 Å². The molecule has 2 amide bonds. The van der Waals surface area contributed by atoms with E-state index in [2.05, 4.69) is 5.32 Å². The van der Waals surface area contributed by atoms with Gasteiger partial charge in [-0.1, -0.05) is 24.3 Å². The topological polar surface area (TPSA) is 125 Å². The zero-order valence-electron chi connectivity index (χ0n) is 18.2. The van der Waals surface area contributed by atoms with E-state index in [4.69, 9.17) is 9.52 Å². The van der Waals surface area contributed by atoms with Crippen molar-refractivity contribution in [1.29, 1.82) is 0 Å². The number of amides is 2. The molecule has 3 aromatic rings. The summed E-state index contributed by atoms with van der Waals surface area (Å²) >= 11 is 0. The number of hydrogen-bond donors (Lipinski definition) is 3. The number of fused-ring (bicyclic) bond motifs is 1. The number of hydrogen-bond acceptors (Lipinski definition) is 6. The van der Waals surface area contributed by atoms with Crippen molar-refractivity contribution in [2.45, 2.75) is 18.9 Å². The number of carbonyl (C=O) groups is 2. The Balaban J connectivity index is 1.55. The summed E-state index contributed by atoms with van der Waals surface area (Å²) in [4.78, 5) is 39.0. The van der Waals surface area contributed by atoms with Crippen LogP contribution in [0.1, 0.15) is 22.9 Å². The van der Waals surface area contributed by atoms with Crippen LogP contribution in [0, 0.1) is 0 Å². The van der Waals surface area contributed by atoms with Gasteiger partial charge in [0.1, 0.15) is 12.6 Å². The van der Waals surface area contributed by atoms with E-state index in [0.29, 0.717) is 12.1 Å². The largest absolute Gasteiger partial charge is 0.502 e. The van der Waals surface area contributed by atoms with Crippen molar-refractivity contribution in [2.75, 3.05) is 26.4 Å².